The van der Waals surface area contributed by atoms with E-state index in [1.54, 1.807) is 0 Å². The van der Waals surface area contributed by atoms with Gasteiger partial charge >= 0.3 is 5.97 Å². The predicted octanol–water partition coefficient (Wildman–Crippen LogP) is -1.39. The highest BCUT2D eigenvalue weighted by molar-refractivity contribution is 5.76. The zero-order chi connectivity index (χ0) is 8.97. The molecular weight excluding hydrogens is 158 g/mol. The van der Waals surface area contributed by atoms with Crippen LogP contribution in [-0.2, 0) is 9.53 Å². The van der Waals surface area contributed by atoms with Gasteiger partial charge in [0.05, 0.1) is 13.2 Å². The third-order valence-electron chi connectivity index (χ3n) is 1.74. The lowest BCUT2D eigenvalue weighted by molar-refractivity contribution is -0.143. The number of hydrogen-bond donors (Lipinski definition) is 2. The zero-order valence-electron chi connectivity index (χ0n) is 6.83. The van der Waals surface area contributed by atoms with Gasteiger partial charge < -0.3 is 10.1 Å². The number of esters is 1. The lowest BCUT2D eigenvalue weighted by atomic mass is 10.2. The first-order valence-electron chi connectivity index (χ1n) is 3.72. The molecule has 66 valence electrons. The number of carbonyl (C=O) groups excluding carboxylic acids is 1. The smallest absolute Gasteiger partial charge is 0.324 e. The van der Waals surface area contributed by atoms with E-state index in [1.165, 1.54) is 7.11 Å². The summed E-state index contributed by atoms with van der Waals surface area (Å²) in [6.45, 7) is 1.09. The van der Waals surface area contributed by atoms with Crippen LogP contribution in [0.1, 0.15) is 0 Å². The van der Waals surface area contributed by atoms with E-state index in [0.29, 0.717) is 13.1 Å². The van der Waals surface area contributed by atoms with Gasteiger partial charge in [-0.25, -0.2) is 0 Å². The van der Waals surface area contributed by atoms with E-state index in [-0.39, 0.29) is 12.0 Å². The molecule has 0 aromatic heterocycles. The molecule has 0 unspecified atom stereocenters. The summed E-state index contributed by atoms with van der Waals surface area (Å²) in [6.07, 6.45) is 0. The van der Waals surface area contributed by atoms with Gasteiger partial charge in [-0.15, -0.1) is 0 Å². The SMILES string of the molecule is COC(=O)[C@@H]1CNC[C@@H](C#N)N1. The molecule has 0 aromatic rings. The largest absolute Gasteiger partial charge is 0.468 e. The molecule has 12 heavy (non-hydrogen) atoms. The van der Waals surface area contributed by atoms with Crippen LogP contribution < -0.4 is 10.6 Å². The van der Waals surface area contributed by atoms with Crippen molar-refractivity contribution in [3.05, 3.63) is 0 Å². The number of ether oxygens (including phenoxy) is 1. The molecule has 1 heterocycles. The molecule has 5 nitrogen and oxygen atoms in total. The molecule has 0 aliphatic carbocycles. The van der Waals surface area contributed by atoms with Gasteiger partial charge in [0.1, 0.15) is 12.1 Å². The molecule has 0 saturated carbocycles. The average Bonchev–Trinajstić information content (AvgIpc) is 2.17. The van der Waals surface area contributed by atoms with Gasteiger partial charge in [-0.2, -0.15) is 5.26 Å². The summed E-state index contributed by atoms with van der Waals surface area (Å²) in [5, 5.41) is 14.4. The fourth-order valence-electron chi connectivity index (χ4n) is 1.11. The monoisotopic (exact) mass is 169 g/mol. The zero-order valence-corrected chi connectivity index (χ0v) is 6.83. The topological polar surface area (TPSA) is 74.1 Å². The molecule has 1 aliphatic heterocycles. The molecule has 1 rings (SSSR count). The van der Waals surface area contributed by atoms with Crippen molar-refractivity contribution >= 4 is 5.97 Å². The van der Waals surface area contributed by atoms with Crippen molar-refractivity contribution in [3.63, 3.8) is 0 Å². The molecule has 2 atom stereocenters. The van der Waals surface area contributed by atoms with Gasteiger partial charge in [0.15, 0.2) is 0 Å². The lowest BCUT2D eigenvalue weighted by Gasteiger charge is -2.25. The minimum atomic E-state index is -0.395. The molecule has 0 spiro atoms. The van der Waals surface area contributed by atoms with Gasteiger partial charge in [0.2, 0.25) is 0 Å². The number of hydrogen-bond acceptors (Lipinski definition) is 5. The fourth-order valence-corrected chi connectivity index (χ4v) is 1.11. The molecule has 0 radical (unpaired) electrons. The number of carbonyl (C=O) groups is 1. The lowest BCUT2D eigenvalue weighted by Crippen LogP contribution is -2.57. The molecule has 2 N–H and O–H groups in total. The van der Waals surface area contributed by atoms with Crippen molar-refractivity contribution in [1.29, 1.82) is 5.26 Å². The summed E-state index contributed by atoms with van der Waals surface area (Å²) in [4.78, 5) is 11.0. The summed E-state index contributed by atoms with van der Waals surface area (Å²) >= 11 is 0. The Morgan fingerprint density at radius 3 is 3.00 bits per heavy atom. The Bertz CT molecular complexity index is 211. The van der Waals surface area contributed by atoms with E-state index >= 15 is 0 Å². The van der Waals surface area contributed by atoms with Crippen molar-refractivity contribution in [1.82, 2.24) is 10.6 Å². The second kappa shape index (κ2) is 4.04. The Balaban J connectivity index is 2.47. The first-order valence-corrected chi connectivity index (χ1v) is 3.72. The summed E-state index contributed by atoms with van der Waals surface area (Å²) in [7, 11) is 1.33. The maximum atomic E-state index is 11.0. The Labute approximate surface area is 70.7 Å². The maximum absolute atomic E-state index is 11.0. The molecule has 0 aromatic carbocycles. The van der Waals surface area contributed by atoms with Crippen molar-refractivity contribution in [2.45, 2.75) is 12.1 Å². The van der Waals surface area contributed by atoms with Gasteiger partial charge in [-0.1, -0.05) is 0 Å². The van der Waals surface area contributed by atoms with Gasteiger partial charge in [-0.3, -0.25) is 10.1 Å². The second-order valence-electron chi connectivity index (χ2n) is 2.58. The highest BCUT2D eigenvalue weighted by atomic mass is 16.5. The van der Waals surface area contributed by atoms with E-state index in [2.05, 4.69) is 15.4 Å². The Morgan fingerprint density at radius 1 is 1.67 bits per heavy atom. The van der Waals surface area contributed by atoms with Crippen LogP contribution in [0, 0.1) is 11.3 Å². The third-order valence-corrected chi connectivity index (χ3v) is 1.74. The number of nitrogens with one attached hydrogen (secondary N) is 2. The van der Waals surface area contributed by atoms with Gasteiger partial charge in [-0.05, 0) is 0 Å². The van der Waals surface area contributed by atoms with E-state index in [4.69, 9.17) is 5.26 Å². The molecule has 0 bridgehead atoms. The fraction of sp³-hybridized carbons (Fsp3) is 0.714. The first-order chi connectivity index (χ1) is 5.77. The van der Waals surface area contributed by atoms with E-state index in [1.807, 2.05) is 6.07 Å². The number of nitrogens with zero attached hydrogens (tertiary/aromatic N) is 1. The molecule has 0 amide bonds. The van der Waals surface area contributed by atoms with Gasteiger partial charge in [0.25, 0.3) is 0 Å². The van der Waals surface area contributed by atoms with Crippen LogP contribution in [0.4, 0.5) is 0 Å². The van der Waals surface area contributed by atoms with Crippen LogP contribution in [0.2, 0.25) is 0 Å². The molecule has 5 heteroatoms. The van der Waals surface area contributed by atoms with Crippen LogP contribution in [0.3, 0.4) is 0 Å². The van der Waals surface area contributed by atoms with Crippen LogP contribution in [0.5, 0.6) is 0 Å². The van der Waals surface area contributed by atoms with Crippen molar-refractivity contribution in [2.24, 2.45) is 0 Å². The Morgan fingerprint density at radius 2 is 2.42 bits per heavy atom. The number of methoxy groups -OCH3 is 1. The van der Waals surface area contributed by atoms with Crippen LogP contribution >= 0.6 is 0 Å². The van der Waals surface area contributed by atoms with E-state index in [0.717, 1.165) is 0 Å². The van der Waals surface area contributed by atoms with E-state index in [9.17, 15) is 4.79 Å². The minimum absolute atomic E-state index is 0.303. The Hall–Kier alpha value is -1.12. The van der Waals surface area contributed by atoms with Crippen molar-refractivity contribution in [3.8, 4) is 6.07 Å². The van der Waals surface area contributed by atoms with Gasteiger partial charge in [0, 0.05) is 13.1 Å². The van der Waals surface area contributed by atoms with Crippen LogP contribution in [-0.4, -0.2) is 38.3 Å². The van der Waals surface area contributed by atoms with Crippen LogP contribution in [0.25, 0.3) is 0 Å². The molecule has 1 saturated heterocycles. The molecule has 1 aliphatic rings. The van der Waals surface area contributed by atoms with Crippen molar-refractivity contribution < 1.29 is 9.53 Å². The highest BCUT2D eigenvalue weighted by Crippen LogP contribution is 1.95. The second-order valence-corrected chi connectivity index (χ2v) is 2.58. The third kappa shape index (κ3) is 1.94. The Kier molecular flexibility index (Phi) is 3.02. The number of piperazine rings is 1. The summed E-state index contributed by atoms with van der Waals surface area (Å²) in [5.74, 6) is -0.331. The quantitative estimate of drug-likeness (QED) is 0.473. The van der Waals surface area contributed by atoms with Crippen molar-refractivity contribution in [2.75, 3.05) is 20.2 Å². The maximum Gasteiger partial charge on any atom is 0.324 e. The summed E-state index contributed by atoms with van der Waals surface area (Å²) < 4.78 is 4.53. The standard InChI is InChI=1S/C7H11N3O2/c1-12-7(11)6-4-9-3-5(2-8)10-6/h5-6,9-10H,3-4H2,1H3/t5-,6+/m1/s1. The number of rotatable bonds is 1. The number of nitriles is 1. The summed E-state index contributed by atoms with van der Waals surface area (Å²) in [6, 6.07) is 1.33. The van der Waals surface area contributed by atoms with Crippen LogP contribution in [0.15, 0.2) is 0 Å². The molecule has 1 fully saturated rings. The predicted molar refractivity (Wildman–Crippen MR) is 41.2 cm³/mol. The normalized spacial score (nSPS) is 29.0. The first kappa shape index (κ1) is 8.97. The highest BCUT2D eigenvalue weighted by Gasteiger charge is 2.26. The minimum Gasteiger partial charge on any atom is -0.468 e. The average molecular weight is 169 g/mol. The summed E-state index contributed by atoms with van der Waals surface area (Å²) in [5.41, 5.74) is 0. The van der Waals surface area contributed by atoms with E-state index < -0.39 is 6.04 Å². The molecular formula is C7H11N3O2.